The Bertz CT molecular complexity index is 233. The van der Waals surface area contributed by atoms with E-state index < -0.39 is 0 Å². The van der Waals surface area contributed by atoms with Gasteiger partial charge in [-0.1, -0.05) is 28.1 Å². The first-order valence-electron chi connectivity index (χ1n) is 3.05. The zero-order valence-electron chi connectivity index (χ0n) is 5.70. The predicted octanol–water partition coefficient (Wildman–Crippen LogP) is 3.49. The van der Waals surface area contributed by atoms with Crippen molar-refractivity contribution in [1.82, 2.24) is 0 Å². The van der Waals surface area contributed by atoms with Crippen molar-refractivity contribution in [3.63, 3.8) is 0 Å². The van der Waals surface area contributed by atoms with E-state index in [1.54, 1.807) is 0 Å². The normalized spacial score (nSPS) is 9.90. The van der Waals surface area contributed by atoms with Crippen molar-refractivity contribution >= 4 is 38.5 Å². The third-order valence-corrected chi connectivity index (χ3v) is 3.30. The summed E-state index contributed by atoms with van der Waals surface area (Å²) in [4.78, 5) is 0. The smallest absolute Gasteiger partial charge is 0.0286 e. The summed E-state index contributed by atoms with van der Waals surface area (Å²) in [5.41, 5.74) is 2.77. The minimum atomic E-state index is 0.954. The van der Waals surface area contributed by atoms with E-state index in [0.29, 0.717) is 0 Å². The Kier molecular flexibility index (Phi) is 3.17. The van der Waals surface area contributed by atoms with Gasteiger partial charge < -0.3 is 0 Å². The van der Waals surface area contributed by atoms with E-state index in [9.17, 15) is 0 Å². The molecule has 0 aliphatic carbocycles. The van der Waals surface area contributed by atoms with Crippen molar-refractivity contribution in [3.05, 3.63) is 32.9 Å². The number of hydrogen-bond acceptors (Lipinski definition) is 0. The highest BCUT2D eigenvalue weighted by Gasteiger charge is 1.97. The van der Waals surface area contributed by atoms with Crippen molar-refractivity contribution in [3.8, 4) is 0 Å². The van der Waals surface area contributed by atoms with Gasteiger partial charge in [-0.25, -0.2) is 0 Å². The largest absolute Gasteiger partial charge is 0.0876 e. The van der Waals surface area contributed by atoms with Crippen molar-refractivity contribution in [1.29, 1.82) is 0 Å². The molecule has 0 radical (unpaired) electrons. The molecule has 1 rings (SSSR count). The van der Waals surface area contributed by atoms with Crippen LogP contribution < -0.4 is 0 Å². The molecule has 0 aromatic heterocycles. The summed E-state index contributed by atoms with van der Waals surface area (Å²) in [6.07, 6.45) is 0. The summed E-state index contributed by atoms with van der Waals surface area (Å²) in [6, 6.07) is 6.36. The fraction of sp³-hybridized carbons (Fsp3) is 0.250. The fourth-order valence-corrected chi connectivity index (χ4v) is 1.96. The summed E-state index contributed by atoms with van der Waals surface area (Å²) in [6.45, 7) is 2.15. The molecule has 54 valence electrons. The van der Waals surface area contributed by atoms with Gasteiger partial charge in [-0.05, 0) is 46.7 Å². The molecule has 0 saturated heterocycles. The second kappa shape index (κ2) is 3.72. The van der Waals surface area contributed by atoms with Gasteiger partial charge in [0, 0.05) is 8.90 Å². The monoisotopic (exact) mass is 310 g/mol. The minimum Gasteiger partial charge on any atom is -0.0876 e. The molecule has 0 unspecified atom stereocenters. The molecule has 1 aromatic carbocycles. The second-order valence-electron chi connectivity index (χ2n) is 2.16. The van der Waals surface area contributed by atoms with Gasteiger partial charge in [0.1, 0.15) is 0 Å². The van der Waals surface area contributed by atoms with Gasteiger partial charge in [-0.3, -0.25) is 0 Å². The number of benzene rings is 1. The van der Waals surface area contributed by atoms with Crippen molar-refractivity contribution in [2.45, 2.75) is 12.3 Å². The molecule has 0 saturated carbocycles. The van der Waals surface area contributed by atoms with Crippen LogP contribution in [-0.2, 0) is 5.33 Å². The molecule has 1 aromatic rings. The average Bonchev–Trinajstić information content (AvgIpc) is 1.95. The highest BCUT2D eigenvalue weighted by atomic mass is 127. The lowest BCUT2D eigenvalue weighted by atomic mass is 10.1. The Morgan fingerprint density at radius 3 is 2.70 bits per heavy atom. The van der Waals surface area contributed by atoms with Crippen LogP contribution in [0.5, 0.6) is 0 Å². The zero-order valence-corrected chi connectivity index (χ0v) is 9.44. The van der Waals surface area contributed by atoms with Gasteiger partial charge in [-0.15, -0.1) is 0 Å². The maximum Gasteiger partial charge on any atom is 0.0286 e. The SMILES string of the molecule is Cc1c(I)cccc1CBr. The van der Waals surface area contributed by atoms with Crippen LogP contribution in [-0.4, -0.2) is 0 Å². The van der Waals surface area contributed by atoms with Crippen LogP contribution >= 0.6 is 38.5 Å². The molecule has 0 amide bonds. The molecule has 0 spiro atoms. The highest BCUT2D eigenvalue weighted by Crippen LogP contribution is 2.17. The maximum atomic E-state index is 3.44. The lowest BCUT2D eigenvalue weighted by Gasteiger charge is -2.02. The van der Waals surface area contributed by atoms with E-state index in [1.807, 2.05) is 0 Å². The number of alkyl halides is 1. The molecule has 2 heteroatoms. The predicted molar refractivity (Wildman–Crippen MR) is 56.5 cm³/mol. The molecule has 0 N–H and O–H groups in total. The molecule has 0 aliphatic heterocycles. The van der Waals surface area contributed by atoms with E-state index in [1.165, 1.54) is 14.7 Å². The number of hydrogen-bond donors (Lipinski definition) is 0. The maximum absolute atomic E-state index is 3.44. The van der Waals surface area contributed by atoms with Gasteiger partial charge in [0.2, 0.25) is 0 Å². The Hall–Kier alpha value is 0.430. The summed E-state index contributed by atoms with van der Waals surface area (Å²) < 4.78 is 1.34. The first kappa shape index (κ1) is 8.53. The highest BCUT2D eigenvalue weighted by molar-refractivity contribution is 14.1. The molecular weight excluding hydrogens is 303 g/mol. The van der Waals surface area contributed by atoms with E-state index in [4.69, 9.17) is 0 Å². The molecule has 0 heterocycles. The average molecular weight is 311 g/mol. The Morgan fingerprint density at radius 2 is 2.20 bits per heavy atom. The van der Waals surface area contributed by atoms with Crippen molar-refractivity contribution < 1.29 is 0 Å². The summed E-state index contributed by atoms with van der Waals surface area (Å²) in [5, 5.41) is 0.954. The number of rotatable bonds is 1. The Morgan fingerprint density at radius 1 is 1.50 bits per heavy atom. The van der Waals surface area contributed by atoms with Gasteiger partial charge in [0.15, 0.2) is 0 Å². The second-order valence-corrected chi connectivity index (χ2v) is 3.88. The molecule has 0 nitrogen and oxygen atoms in total. The first-order chi connectivity index (χ1) is 4.75. The topological polar surface area (TPSA) is 0 Å². The van der Waals surface area contributed by atoms with E-state index in [2.05, 4.69) is 63.6 Å². The van der Waals surface area contributed by atoms with Crippen LogP contribution in [0.4, 0.5) is 0 Å². The van der Waals surface area contributed by atoms with Gasteiger partial charge >= 0.3 is 0 Å². The lowest BCUT2D eigenvalue weighted by molar-refractivity contribution is 1.30. The molecular formula is C8H8BrI. The lowest BCUT2D eigenvalue weighted by Crippen LogP contribution is -1.86. The quantitative estimate of drug-likeness (QED) is 0.550. The van der Waals surface area contributed by atoms with Crippen LogP contribution in [0, 0.1) is 10.5 Å². The molecule has 0 fully saturated rings. The molecule has 0 bridgehead atoms. The standard InChI is InChI=1S/C8H8BrI/c1-6-7(5-9)3-2-4-8(6)10/h2-4H,5H2,1H3. The summed E-state index contributed by atoms with van der Waals surface area (Å²) in [5.74, 6) is 0. The van der Waals surface area contributed by atoms with Crippen LogP contribution in [0.2, 0.25) is 0 Å². The molecule has 10 heavy (non-hydrogen) atoms. The zero-order chi connectivity index (χ0) is 7.56. The Balaban J connectivity index is 3.14. The minimum absolute atomic E-state index is 0.954. The van der Waals surface area contributed by atoms with Gasteiger partial charge in [0.05, 0.1) is 0 Å². The van der Waals surface area contributed by atoms with Crippen LogP contribution in [0.3, 0.4) is 0 Å². The summed E-state index contributed by atoms with van der Waals surface area (Å²) >= 11 is 5.79. The van der Waals surface area contributed by atoms with Crippen LogP contribution in [0.25, 0.3) is 0 Å². The van der Waals surface area contributed by atoms with Crippen molar-refractivity contribution in [2.24, 2.45) is 0 Å². The third-order valence-electron chi connectivity index (χ3n) is 1.52. The van der Waals surface area contributed by atoms with Crippen molar-refractivity contribution in [2.75, 3.05) is 0 Å². The number of halogens is 2. The molecule has 0 atom stereocenters. The van der Waals surface area contributed by atoms with Crippen LogP contribution in [0.15, 0.2) is 18.2 Å². The van der Waals surface area contributed by atoms with Crippen LogP contribution in [0.1, 0.15) is 11.1 Å². The Labute approximate surface area is 83.3 Å². The van der Waals surface area contributed by atoms with E-state index >= 15 is 0 Å². The van der Waals surface area contributed by atoms with Gasteiger partial charge in [-0.2, -0.15) is 0 Å². The fourth-order valence-electron chi connectivity index (χ4n) is 0.797. The van der Waals surface area contributed by atoms with E-state index in [0.717, 1.165) is 5.33 Å². The summed E-state index contributed by atoms with van der Waals surface area (Å²) in [7, 11) is 0. The van der Waals surface area contributed by atoms with E-state index in [-0.39, 0.29) is 0 Å². The third kappa shape index (κ3) is 1.72. The van der Waals surface area contributed by atoms with Gasteiger partial charge in [0.25, 0.3) is 0 Å². The molecule has 0 aliphatic rings. The first-order valence-corrected chi connectivity index (χ1v) is 5.25.